The number of rotatable bonds is 3. The first kappa shape index (κ1) is 11.5. The van der Waals surface area contributed by atoms with Crippen molar-refractivity contribution in [3.63, 3.8) is 0 Å². The molecule has 0 amide bonds. The summed E-state index contributed by atoms with van der Waals surface area (Å²) in [5, 5.41) is 0. The number of benzene rings is 2. The van der Waals surface area contributed by atoms with Crippen LogP contribution in [0.5, 0.6) is 5.75 Å². The molecule has 0 aliphatic carbocycles. The molecule has 0 aliphatic rings. The molecule has 0 heterocycles. The molecule has 0 aliphatic heterocycles. The van der Waals surface area contributed by atoms with Crippen LogP contribution < -0.4 is 10.5 Å². The van der Waals surface area contributed by atoms with Gasteiger partial charge in [0.15, 0.2) is 0 Å². The van der Waals surface area contributed by atoms with E-state index < -0.39 is 0 Å². The average molecular weight is 227 g/mol. The first-order valence-corrected chi connectivity index (χ1v) is 5.80. The Bertz CT molecular complexity index is 520. The van der Waals surface area contributed by atoms with Crippen LogP contribution in [0.1, 0.15) is 12.5 Å². The number of anilines is 1. The quantitative estimate of drug-likeness (QED) is 0.812. The van der Waals surface area contributed by atoms with Crippen LogP contribution in [0.3, 0.4) is 0 Å². The van der Waals surface area contributed by atoms with Crippen LogP contribution in [0.25, 0.3) is 11.1 Å². The van der Waals surface area contributed by atoms with Crippen molar-refractivity contribution in [3.8, 4) is 16.9 Å². The summed E-state index contributed by atoms with van der Waals surface area (Å²) in [6, 6.07) is 14.1. The molecule has 2 rings (SSSR count). The maximum atomic E-state index is 5.83. The van der Waals surface area contributed by atoms with Crippen LogP contribution in [0.4, 0.5) is 5.69 Å². The first-order valence-electron chi connectivity index (χ1n) is 5.80. The van der Waals surface area contributed by atoms with Gasteiger partial charge < -0.3 is 10.5 Å². The van der Waals surface area contributed by atoms with Gasteiger partial charge in [0.05, 0.1) is 6.61 Å². The van der Waals surface area contributed by atoms with E-state index in [9.17, 15) is 0 Å². The largest absolute Gasteiger partial charge is 0.494 e. The first-order chi connectivity index (χ1) is 8.20. The monoisotopic (exact) mass is 227 g/mol. The number of nitrogen functional groups attached to an aromatic ring is 1. The van der Waals surface area contributed by atoms with Gasteiger partial charge in [-0.1, -0.05) is 18.2 Å². The Morgan fingerprint density at radius 1 is 1.12 bits per heavy atom. The third kappa shape index (κ3) is 2.59. The van der Waals surface area contributed by atoms with Gasteiger partial charge in [0.1, 0.15) is 5.75 Å². The van der Waals surface area contributed by atoms with Crippen LogP contribution in [-0.2, 0) is 0 Å². The average Bonchev–Trinajstić information content (AvgIpc) is 2.33. The van der Waals surface area contributed by atoms with Gasteiger partial charge in [0.2, 0.25) is 0 Å². The van der Waals surface area contributed by atoms with Crippen molar-refractivity contribution in [1.29, 1.82) is 0 Å². The molecular weight excluding hydrogens is 210 g/mol. The molecule has 0 radical (unpaired) electrons. The van der Waals surface area contributed by atoms with Crippen molar-refractivity contribution < 1.29 is 4.74 Å². The maximum absolute atomic E-state index is 5.83. The van der Waals surface area contributed by atoms with Crippen LogP contribution in [0.15, 0.2) is 42.5 Å². The van der Waals surface area contributed by atoms with E-state index in [0.29, 0.717) is 6.61 Å². The highest BCUT2D eigenvalue weighted by Gasteiger charge is 2.03. The smallest absolute Gasteiger partial charge is 0.119 e. The zero-order valence-electron chi connectivity index (χ0n) is 10.2. The van der Waals surface area contributed by atoms with Gasteiger partial charge in [-0.25, -0.2) is 0 Å². The van der Waals surface area contributed by atoms with Gasteiger partial charge in [-0.15, -0.1) is 0 Å². The van der Waals surface area contributed by atoms with Gasteiger partial charge in [-0.2, -0.15) is 0 Å². The summed E-state index contributed by atoms with van der Waals surface area (Å²) in [5.74, 6) is 0.895. The Labute approximate surface area is 102 Å². The normalized spacial score (nSPS) is 10.2. The van der Waals surface area contributed by atoms with Gasteiger partial charge in [-0.3, -0.25) is 0 Å². The van der Waals surface area contributed by atoms with Crippen molar-refractivity contribution >= 4 is 5.69 Å². The molecule has 2 N–H and O–H groups in total. The number of nitrogens with two attached hydrogens (primary N) is 1. The molecule has 0 atom stereocenters. The van der Waals surface area contributed by atoms with E-state index in [1.54, 1.807) is 0 Å². The Morgan fingerprint density at radius 3 is 2.71 bits per heavy atom. The Kier molecular flexibility index (Phi) is 3.33. The molecular formula is C15H17NO. The molecule has 0 unspecified atom stereocenters. The molecule has 0 saturated heterocycles. The van der Waals surface area contributed by atoms with Gasteiger partial charge in [0.25, 0.3) is 0 Å². The van der Waals surface area contributed by atoms with Crippen LogP contribution in [-0.4, -0.2) is 6.61 Å². The molecule has 0 spiro atoms. The fourth-order valence-corrected chi connectivity index (χ4v) is 1.87. The lowest BCUT2D eigenvalue weighted by molar-refractivity contribution is 0.340. The summed E-state index contributed by atoms with van der Waals surface area (Å²) in [6.45, 7) is 4.75. The standard InChI is InChI=1S/C15H17NO/c1-3-17-14-6-4-5-12(9-14)15-10-13(16)8-7-11(15)2/h4-10H,3,16H2,1-2H3. The number of hydrogen-bond acceptors (Lipinski definition) is 2. The van der Waals surface area contributed by atoms with E-state index in [1.807, 2.05) is 43.3 Å². The molecule has 0 fully saturated rings. The van der Waals surface area contributed by atoms with E-state index in [-0.39, 0.29) is 0 Å². The van der Waals surface area contributed by atoms with E-state index >= 15 is 0 Å². The maximum Gasteiger partial charge on any atom is 0.119 e. The lowest BCUT2D eigenvalue weighted by atomic mass is 10.00. The highest BCUT2D eigenvalue weighted by atomic mass is 16.5. The van der Waals surface area contributed by atoms with Crippen LogP contribution in [0.2, 0.25) is 0 Å². The van der Waals surface area contributed by atoms with Gasteiger partial charge >= 0.3 is 0 Å². The Morgan fingerprint density at radius 2 is 1.94 bits per heavy atom. The fraction of sp³-hybridized carbons (Fsp3) is 0.200. The van der Waals surface area contributed by atoms with Crippen molar-refractivity contribution in [3.05, 3.63) is 48.0 Å². The summed E-state index contributed by atoms with van der Waals surface area (Å²) in [7, 11) is 0. The summed E-state index contributed by atoms with van der Waals surface area (Å²) in [6.07, 6.45) is 0. The zero-order chi connectivity index (χ0) is 12.3. The number of hydrogen-bond donors (Lipinski definition) is 1. The minimum Gasteiger partial charge on any atom is -0.494 e. The molecule has 0 saturated carbocycles. The minimum atomic E-state index is 0.680. The summed E-state index contributed by atoms with van der Waals surface area (Å²) < 4.78 is 5.51. The summed E-state index contributed by atoms with van der Waals surface area (Å²) in [4.78, 5) is 0. The molecule has 2 aromatic rings. The second kappa shape index (κ2) is 4.91. The van der Waals surface area contributed by atoms with E-state index in [0.717, 1.165) is 22.6 Å². The van der Waals surface area contributed by atoms with Crippen molar-refractivity contribution in [2.45, 2.75) is 13.8 Å². The van der Waals surface area contributed by atoms with Gasteiger partial charge in [0, 0.05) is 5.69 Å². The van der Waals surface area contributed by atoms with E-state index in [4.69, 9.17) is 10.5 Å². The third-order valence-corrected chi connectivity index (χ3v) is 2.72. The number of aryl methyl sites for hydroxylation is 1. The molecule has 2 aromatic carbocycles. The molecule has 17 heavy (non-hydrogen) atoms. The van der Waals surface area contributed by atoms with Crippen molar-refractivity contribution in [2.24, 2.45) is 0 Å². The van der Waals surface area contributed by atoms with Crippen LogP contribution >= 0.6 is 0 Å². The topological polar surface area (TPSA) is 35.2 Å². The molecule has 2 heteroatoms. The van der Waals surface area contributed by atoms with Crippen LogP contribution in [0, 0.1) is 6.92 Å². The van der Waals surface area contributed by atoms with E-state index in [1.165, 1.54) is 5.56 Å². The molecule has 2 nitrogen and oxygen atoms in total. The highest BCUT2D eigenvalue weighted by Crippen LogP contribution is 2.28. The number of ether oxygens (including phenoxy) is 1. The highest BCUT2D eigenvalue weighted by molar-refractivity contribution is 5.71. The lowest BCUT2D eigenvalue weighted by Crippen LogP contribution is -1.92. The molecule has 0 bridgehead atoms. The fourth-order valence-electron chi connectivity index (χ4n) is 1.87. The van der Waals surface area contributed by atoms with Gasteiger partial charge in [-0.05, 0) is 54.8 Å². The molecule has 88 valence electrons. The zero-order valence-corrected chi connectivity index (χ0v) is 10.2. The Hall–Kier alpha value is -1.96. The predicted molar refractivity (Wildman–Crippen MR) is 72.2 cm³/mol. The summed E-state index contributed by atoms with van der Waals surface area (Å²) in [5.41, 5.74) is 10.1. The van der Waals surface area contributed by atoms with Crippen molar-refractivity contribution in [2.75, 3.05) is 12.3 Å². The lowest BCUT2D eigenvalue weighted by Gasteiger charge is -2.09. The van der Waals surface area contributed by atoms with E-state index in [2.05, 4.69) is 13.0 Å². The second-order valence-corrected chi connectivity index (χ2v) is 4.04. The minimum absolute atomic E-state index is 0.680. The predicted octanol–water partition coefficient (Wildman–Crippen LogP) is 3.64. The molecule has 0 aromatic heterocycles. The Balaban J connectivity index is 2.45. The van der Waals surface area contributed by atoms with Crippen molar-refractivity contribution in [1.82, 2.24) is 0 Å². The summed E-state index contributed by atoms with van der Waals surface area (Å²) >= 11 is 0. The second-order valence-electron chi connectivity index (χ2n) is 4.04. The SMILES string of the molecule is CCOc1cccc(-c2cc(N)ccc2C)c1. The third-order valence-electron chi connectivity index (χ3n) is 2.72.